The highest BCUT2D eigenvalue weighted by Gasteiger charge is 2.25. The fraction of sp³-hybridized carbons (Fsp3) is 0.292. The molecule has 0 radical (unpaired) electrons. The quantitative estimate of drug-likeness (QED) is 0.591. The van der Waals surface area contributed by atoms with Crippen LogP contribution in [0.25, 0.3) is 11.0 Å². The topological polar surface area (TPSA) is 106 Å². The molecule has 7 nitrogen and oxygen atoms in total. The van der Waals surface area contributed by atoms with Gasteiger partial charge in [-0.2, -0.15) is 0 Å². The average molecular weight is 421 g/mol. The maximum absolute atomic E-state index is 12.6. The summed E-state index contributed by atoms with van der Waals surface area (Å²) in [7, 11) is 0. The minimum atomic E-state index is -1.18. The predicted molar refractivity (Wildman–Crippen MR) is 114 cm³/mol. The molecule has 7 heteroatoms. The van der Waals surface area contributed by atoms with Crippen molar-refractivity contribution >= 4 is 22.8 Å². The van der Waals surface area contributed by atoms with E-state index in [4.69, 9.17) is 9.15 Å². The van der Waals surface area contributed by atoms with Gasteiger partial charge in [0.15, 0.2) is 12.1 Å². The third-order valence-electron chi connectivity index (χ3n) is 5.54. The molecule has 0 saturated heterocycles. The zero-order chi connectivity index (χ0) is 22.0. The van der Waals surface area contributed by atoms with E-state index < -0.39 is 24.0 Å². The third kappa shape index (κ3) is 4.30. The molecule has 4 rings (SSSR count). The first-order valence-corrected chi connectivity index (χ1v) is 10.3. The highest BCUT2D eigenvalue weighted by molar-refractivity contribution is 5.87. The Hall–Kier alpha value is -3.61. The lowest BCUT2D eigenvalue weighted by Gasteiger charge is -2.20. The van der Waals surface area contributed by atoms with Crippen LogP contribution in [0.1, 0.15) is 42.5 Å². The number of fused-ring (bicyclic) bond motifs is 3. The summed E-state index contributed by atoms with van der Waals surface area (Å²) in [6.07, 6.45) is 2.64. The zero-order valence-electron chi connectivity index (χ0n) is 17.1. The van der Waals surface area contributed by atoms with Crippen molar-refractivity contribution in [3.63, 3.8) is 0 Å². The monoisotopic (exact) mass is 421 g/mol. The minimum Gasteiger partial charge on any atom is -0.481 e. The first-order valence-electron chi connectivity index (χ1n) is 10.3. The molecular weight excluding hydrogens is 398 g/mol. The number of carbonyl (C=O) groups excluding carboxylic acids is 1. The van der Waals surface area contributed by atoms with Gasteiger partial charge in [0.2, 0.25) is 0 Å². The second-order valence-electron chi connectivity index (χ2n) is 7.66. The van der Waals surface area contributed by atoms with E-state index in [1.165, 1.54) is 6.92 Å². The van der Waals surface area contributed by atoms with Crippen LogP contribution < -0.4 is 15.7 Å². The van der Waals surface area contributed by atoms with E-state index in [2.05, 4.69) is 5.32 Å². The van der Waals surface area contributed by atoms with Crippen LogP contribution in [0.15, 0.2) is 57.7 Å². The Morgan fingerprint density at radius 1 is 1.06 bits per heavy atom. The molecule has 3 aromatic rings. The molecule has 1 aromatic heterocycles. The van der Waals surface area contributed by atoms with Gasteiger partial charge in [0, 0.05) is 17.0 Å². The van der Waals surface area contributed by atoms with Gasteiger partial charge in [-0.25, -0.2) is 9.59 Å². The molecule has 2 aromatic carbocycles. The molecule has 1 aliphatic rings. The highest BCUT2D eigenvalue weighted by Crippen LogP contribution is 2.29. The number of nitrogens with one attached hydrogen (secondary N) is 1. The van der Waals surface area contributed by atoms with E-state index in [0.717, 1.165) is 42.2 Å². The number of carbonyl (C=O) groups is 2. The summed E-state index contributed by atoms with van der Waals surface area (Å²) in [5.41, 5.74) is 2.34. The Kier molecular flexibility index (Phi) is 5.75. The van der Waals surface area contributed by atoms with Crippen LogP contribution in [0.4, 0.5) is 0 Å². The van der Waals surface area contributed by atoms with Crippen molar-refractivity contribution < 1.29 is 23.8 Å². The maximum Gasteiger partial charge on any atom is 0.339 e. The van der Waals surface area contributed by atoms with E-state index in [1.54, 1.807) is 42.5 Å². The van der Waals surface area contributed by atoms with Crippen molar-refractivity contribution in [2.75, 3.05) is 0 Å². The van der Waals surface area contributed by atoms with Gasteiger partial charge in [-0.1, -0.05) is 30.3 Å². The summed E-state index contributed by atoms with van der Waals surface area (Å²) < 4.78 is 11.2. The number of aryl methyl sites for hydroxylation is 1. The Balaban J connectivity index is 1.52. The molecule has 0 spiro atoms. The molecule has 0 aliphatic heterocycles. The number of ether oxygens (including phenoxy) is 1. The lowest BCUT2D eigenvalue weighted by molar-refractivity contribution is -0.143. The van der Waals surface area contributed by atoms with Gasteiger partial charge in [0.25, 0.3) is 5.91 Å². The number of rotatable bonds is 6. The lowest BCUT2D eigenvalue weighted by Crippen LogP contribution is -2.41. The second-order valence-corrected chi connectivity index (χ2v) is 7.66. The second kappa shape index (κ2) is 8.63. The van der Waals surface area contributed by atoms with Crippen LogP contribution in [-0.2, 0) is 22.4 Å². The molecule has 1 aliphatic carbocycles. The molecule has 0 fully saturated rings. The van der Waals surface area contributed by atoms with Gasteiger partial charge in [-0.05, 0) is 55.9 Å². The average Bonchev–Trinajstić information content (AvgIpc) is 2.77. The summed E-state index contributed by atoms with van der Waals surface area (Å²) in [6.45, 7) is 1.53. The van der Waals surface area contributed by atoms with E-state index in [0.29, 0.717) is 16.9 Å². The molecule has 2 N–H and O–H groups in total. The number of hydrogen-bond donors (Lipinski definition) is 2. The SMILES string of the molecule is CC(Oc1ccc2c3c(c(=O)oc2c1)CCCC3)C(=O)N[C@H](C(=O)O)c1ccccc1. The Labute approximate surface area is 178 Å². The molecule has 2 atom stereocenters. The smallest absolute Gasteiger partial charge is 0.339 e. The zero-order valence-corrected chi connectivity index (χ0v) is 17.1. The van der Waals surface area contributed by atoms with Crippen LogP contribution >= 0.6 is 0 Å². The van der Waals surface area contributed by atoms with Gasteiger partial charge in [-0.15, -0.1) is 0 Å². The number of carboxylic acids is 1. The van der Waals surface area contributed by atoms with Crippen molar-refractivity contribution in [1.82, 2.24) is 5.32 Å². The molecule has 0 bridgehead atoms. The molecule has 160 valence electrons. The molecule has 1 unspecified atom stereocenters. The number of amides is 1. The Morgan fingerprint density at radius 2 is 1.77 bits per heavy atom. The van der Waals surface area contributed by atoms with Crippen LogP contribution in [-0.4, -0.2) is 23.1 Å². The van der Waals surface area contributed by atoms with Crippen molar-refractivity contribution in [2.24, 2.45) is 0 Å². The standard InChI is InChI=1S/C24H23NO6/c1-14(22(26)25-21(23(27)28)15-7-3-2-4-8-15)30-16-11-12-18-17-9-5-6-10-19(17)24(29)31-20(18)13-16/h2-4,7-8,11-14,21H,5-6,9-10H2,1H3,(H,25,26)(H,27,28)/t14?,21-/m0/s1. The van der Waals surface area contributed by atoms with Crippen molar-refractivity contribution in [1.29, 1.82) is 0 Å². The minimum absolute atomic E-state index is 0.322. The summed E-state index contributed by atoms with van der Waals surface area (Å²) in [5.74, 6) is -1.37. The summed E-state index contributed by atoms with van der Waals surface area (Å²) in [4.78, 5) is 36.5. The van der Waals surface area contributed by atoms with Gasteiger partial charge < -0.3 is 19.6 Å². The molecule has 1 amide bonds. The normalized spacial score (nSPS) is 15.0. The Morgan fingerprint density at radius 3 is 2.48 bits per heavy atom. The van der Waals surface area contributed by atoms with Crippen LogP contribution in [0, 0.1) is 0 Å². The molecular formula is C24H23NO6. The highest BCUT2D eigenvalue weighted by atomic mass is 16.5. The first-order chi connectivity index (χ1) is 14.9. The van der Waals surface area contributed by atoms with E-state index in [1.807, 2.05) is 6.07 Å². The fourth-order valence-corrected chi connectivity index (χ4v) is 3.95. The first kappa shape index (κ1) is 20.7. The molecule has 31 heavy (non-hydrogen) atoms. The number of carboxylic acid groups (broad SMARTS) is 1. The fourth-order valence-electron chi connectivity index (χ4n) is 3.95. The largest absolute Gasteiger partial charge is 0.481 e. The summed E-state index contributed by atoms with van der Waals surface area (Å²) in [5, 5.41) is 12.9. The van der Waals surface area contributed by atoms with Crippen LogP contribution in [0.5, 0.6) is 5.75 Å². The van der Waals surface area contributed by atoms with Crippen LogP contribution in [0.2, 0.25) is 0 Å². The van der Waals surface area contributed by atoms with Gasteiger partial charge in [-0.3, -0.25) is 4.79 Å². The van der Waals surface area contributed by atoms with Crippen LogP contribution in [0.3, 0.4) is 0 Å². The van der Waals surface area contributed by atoms with Gasteiger partial charge in [0.1, 0.15) is 11.3 Å². The Bertz CT molecular complexity index is 1180. The summed E-state index contributed by atoms with van der Waals surface area (Å²) >= 11 is 0. The summed E-state index contributed by atoms with van der Waals surface area (Å²) in [6, 6.07) is 12.4. The number of hydrogen-bond acceptors (Lipinski definition) is 5. The maximum atomic E-state index is 12.6. The van der Waals surface area contributed by atoms with E-state index >= 15 is 0 Å². The van der Waals surface area contributed by atoms with Crippen molar-refractivity contribution in [3.05, 3.63) is 75.6 Å². The molecule has 0 saturated carbocycles. The van der Waals surface area contributed by atoms with E-state index in [9.17, 15) is 19.5 Å². The third-order valence-corrected chi connectivity index (χ3v) is 5.54. The molecule has 1 heterocycles. The van der Waals surface area contributed by atoms with E-state index in [-0.39, 0.29) is 5.63 Å². The lowest BCUT2D eigenvalue weighted by atomic mass is 9.91. The predicted octanol–water partition coefficient (Wildman–Crippen LogP) is 3.38. The van der Waals surface area contributed by atoms with Gasteiger partial charge >= 0.3 is 11.6 Å². The number of benzene rings is 2. The number of aliphatic carboxylic acids is 1. The van der Waals surface area contributed by atoms with Crippen molar-refractivity contribution in [3.8, 4) is 5.75 Å². The van der Waals surface area contributed by atoms with Crippen molar-refractivity contribution in [2.45, 2.75) is 44.8 Å². The van der Waals surface area contributed by atoms with Gasteiger partial charge in [0.05, 0.1) is 0 Å².